The van der Waals surface area contributed by atoms with Crippen LogP contribution in [0, 0.1) is 6.92 Å². The molecule has 0 aliphatic rings. The van der Waals surface area contributed by atoms with Crippen LogP contribution in [-0.2, 0) is 4.79 Å². The third-order valence-electron chi connectivity index (χ3n) is 4.04. The summed E-state index contributed by atoms with van der Waals surface area (Å²) in [5.74, 6) is 0.614. The van der Waals surface area contributed by atoms with Gasteiger partial charge in [-0.3, -0.25) is 25.0 Å². The number of hydrogen-bond acceptors (Lipinski definition) is 5. The zero-order valence-corrected chi connectivity index (χ0v) is 16.5. The molecule has 0 atom stereocenters. The van der Waals surface area contributed by atoms with E-state index in [0.29, 0.717) is 29.4 Å². The third kappa shape index (κ3) is 5.79. The van der Waals surface area contributed by atoms with Crippen LogP contribution in [0.4, 0.5) is 0 Å². The molecule has 0 saturated heterocycles. The van der Waals surface area contributed by atoms with E-state index in [1.807, 2.05) is 13.0 Å². The normalized spacial score (nSPS) is 10.4. The molecule has 3 aromatic rings. The van der Waals surface area contributed by atoms with Gasteiger partial charge in [0.25, 0.3) is 5.91 Å². The largest absolute Gasteiger partial charge is 0.493 e. The monoisotopic (exact) mass is 413 g/mol. The molecular weight excluding hydrogens is 394 g/mol. The van der Waals surface area contributed by atoms with Gasteiger partial charge < -0.3 is 4.74 Å². The van der Waals surface area contributed by atoms with E-state index >= 15 is 0 Å². The van der Waals surface area contributed by atoms with Crippen molar-refractivity contribution in [2.24, 2.45) is 0 Å². The molecule has 0 saturated carbocycles. The van der Waals surface area contributed by atoms with Crippen LogP contribution in [0.5, 0.6) is 5.75 Å². The minimum Gasteiger partial charge on any atom is -0.493 e. The minimum atomic E-state index is -0.448. The highest BCUT2D eigenvalue weighted by molar-refractivity contribution is 6.30. The fraction of sp³-hybridized carbons (Fsp3) is 0.200. The van der Waals surface area contributed by atoms with Gasteiger partial charge in [0.2, 0.25) is 5.91 Å². The number of ether oxygens (including phenoxy) is 1. The standard InChI is InChI=1S/C20H20ClN5O3/c1-14-11-16(21)5-6-17(14)29-10-2-3-19(27)24-25-20(28)15-4-7-18(23-12-15)26-9-8-22-13-26/h4-9,11-13H,2-3,10H2,1H3,(H,24,27)(H,25,28). The van der Waals surface area contributed by atoms with Gasteiger partial charge in [-0.05, 0) is 49.2 Å². The summed E-state index contributed by atoms with van der Waals surface area (Å²) in [5, 5.41) is 0.650. The number of imidazole rings is 1. The van der Waals surface area contributed by atoms with Gasteiger partial charge in [-0.2, -0.15) is 0 Å². The van der Waals surface area contributed by atoms with E-state index in [2.05, 4.69) is 20.8 Å². The summed E-state index contributed by atoms with van der Waals surface area (Å²) in [4.78, 5) is 32.1. The smallest absolute Gasteiger partial charge is 0.271 e. The summed E-state index contributed by atoms with van der Waals surface area (Å²) in [6.45, 7) is 2.28. The van der Waals surface area contributed by atoms with E-state index in [9.17, 15) is 9.59 Å². The van der Waals surface area contributed by atoms with E-state index in [1.165, 1.54) is 6.20 Å². The summed E-state index contributed by atoms with van der Waals surface area (Å²) in [6.07, 6.45) is 7.15. The first kappa shape index (κ1) is 20.3. The molecule has 0 fully saturated rings. The summed E-state index contributed by atoms with van der Waals surface area (Å²) < 4.78 is 7.36. The number of aromatic nitrogens is 3. The molecule has 0 aliphatic heterocycles. The van der Waals surface area contributed by atoms with Crippen molar-refractivity contribution in [3.05, 3.63) is 71.4 Å². The van der Waals surface area contributed by atoms with E-state index in [-0.39, 0.29) is 12.3 Å². The second-order valence-corrected chi connectivity index (χ2v) is 6.68. The van der Waals surface area contributed by atoms with E-state index in [0.717, 1.165) is 11.3 Å². The molecule has 2 amide bonds. The number of pyridine rings is 1. The zero-order valence-electron chi connectivity index (χ0n) is 15.8. The van der Waals surface area contributed by atoms with Crippen molar-refractivity contribution >= 4 is 23.4 Å². The first-order valence-corrected chi connectivity index (χ1v) is 9.33. The molecule has 0 unspecified atom stereocenters. The Balaban J connectivity index is 1.38. The van der Waals surface area contributed by atoms with Crippen LogP contribution in [0.25, 0.3) is 5.82 Å². The molecular formula is C20H20ClN5O3. The van der Waals surface area contributed by atoms with Crippen molar-refractivity contribution in [1.82, 2.24) is 25.4 Å². The highest BCUT2D eigenvalue weighted by Gasteiger charge is 2.09. The number of nitrogens with zero attached hydrogens (tertiary/aromatic N) is 3. The van der Waals surface area contributed by atoms with Gasteiger partial charge in [0.1, 0.15) is 17.9 Å². The molecule has 0 bridgehead atoms. The second-order valence-electron chi connectivity index (χ2n) is 6.24. The van der Waals surface area contributed by atoms with Crippen LogP contribution in [0.2, 0.25) is 5.02 Å². The molecule has 0 spiro atoms. The SMILES string of the molecule is Cc1cc(Cl)ccc1OCCCC(=O)NNC(=O)c1ccc(-n2ccnc2)nc1. The molecule has 2 N–H and O–H groups in total. The fourth-order valence-corrected chi connectivity index (χ4v) is 2.75. The molecule has 150 valence electrons. The fourth-order valence-electron chi connectivity index (χ4n) is 2.52. The quantitative estimate of drug-likeness (QED) is 0.458. The first-order chi connectivity index (χ1) is 14.0. The predicted octanol–water partition coefficient (Wildman–Crippen LogP) is 2.85. The topological polar surface area (TPSA) is 98.1 Å². The minimum absolute atomic E-state index is 0.213. The Morgan fingerprint density at radius 2 is 2.07 bits per heavy atom. The molecule has 9 heteroatoms. The number of hydrogen-bond donors (Lipinski definition) is 2. The van der Waals surface area contributed by atoms with Crippen molar-refractivity contribution in [2.45, 2.75) is 19.8 Å². The molecule has 0 aliphatic carbocycles. The summed E-state index contributed by atoms with van der Waals surface area (Å²) in [6, 6.07) is 8.67. The van der Waals surface area contributed by atoms with Gasteiger partial charge >= 0.3 is 0 Å². The number of amides is 2. The van der Waals surface area contributed by atoms with Gasteiger partial charge in [-0.1, -0.05) is 11.6 Å². The van der Waals surface area contributed by atoms with Gasteiger partial charge in [0.15, 0.2) is 0 Å². The maximum atomic E-state index is 12.1. The summed E-state index contributed by atoms with van der Waals surface area (Å²) in [7, 11) is 0. The number of halogens is 1. The van der Waals surface area contributed by atoms with Crippen molar-refractivity contribution in [3.63, 3.8) is 0 Å². The number of rotatable bonds is 7. The lowest BCUT2D eigenvalue weighted by molar-refractivity contribution is -0.122. The molecule has 2 heterocycles. The van der Waals surface area contributed by atoms with Crippen LogP contribution in [0.3, 0.4) is 0 Å². The molecule has 8 nitrogen and oxygen atoms in total. The van der Waals surface area contributed by atoms with Crippen molar-refractivity contribution in [2.75, 3.05) is 6.61 Å². The Morgan fingerprint density at radius 1 is 1.21 bits per heavy atom. The van der Waals surface area contributed by atoms with Crippen LogP contribution in [0.1, 0.15) is 28.8 Å². The molecule has 29 heavy (non-hydrogen) atoms. The van der Waals surface area contributed by atoms with Crippen LogP contribution in [-0.4, -0.2) is 33.0 Å². The number of carbonyl (C=O) groups is 2. The summed E-state index contributed by atoms with van der Waals surface area (Å²) in [5.41, 5.74) is 6.02. The average molecular weight is 414 g/mol. The molecule has 2 aromatic heterocycles. The van der Waals surface area contributed by atoms with Gasteiger partial charge in [0, 0.05) is 30.0 Å². The lowest BCUT2D eigenvalue weighted by Crippen LogP contribution is -2.41. The van der Waals surface area contributed by atoms with Gasteiger partial charge in [-0.15, -0.1) is 0 Å². The van der Waals surface area contributed by atoms with Crippen LogP contribution < -0.4 is 15.6 Å². The Kier molecular flexibility index (Phi) is 6.80. The van der Waals surface area contributed by atoms with Crippen molar-refractivity contribution in [3.8, 4) is 11.6 Å². The van der Waals surface area contributed by atoms with E-state index in [4.69, 9.17) is 16.3 Å². The Labute approximate surface area is 172 Å². The maximum absolute atomic E-state index is 12.1. The first-order valence-electron chi connectivity index (χ1n) is 8.95. The zero-order chi connectivity index (χ0) is 20.6. The van der Waals surface area contributed by atoms with Crippen molar-refractivity contribution < 1.29 is 14.3 Å². The Bertz CT molecular complexity index is 974. The lowest BCUT2D eigenvalue weighted by atomic mass is 10.2. The summed E-state index contributed by atoms with van der Waals surface area (Å²) >= 11 is 5.90. The van der Waals surface area contributed by atoms with Gasteiger partial charge in [-0.25, -0.2) is 9.97 Å². The van der Waals surface area contributed by atoms with Crippen molar-refractivity contribution in [1.29, 1.82) is 0 Å². The second kappa shape index (κ2) is 9.70. The lowest BCUT2D eigenvalue weighted by Gasteiger charge is -2.10. The highest BCUT2D eigenvalue weighted by atomic mass is 35.5. The molecule has 0 radical (unpaired) electrons. The Morgan fingerprint density at radius 3 is 2.76 bits per heavy atom. The number of carbonyl (C=O) groups excluding carboxylic acids is 2. The highest BCUT2D eigenvalue weighted by Crippen LogP contribution is 2.21. The average Bonchev–Trinajstić information content (AvgIpc) is 3.25. The molecule has 3 rings (SSSR count). The number of hydrazine groups is 1. The maximum Gasteiger partial charge on any atom is 0.271 e. The molecule has 1 aromatic carbocycles. The number of nitrogens with one attached hydrogen (secondary N) is 2. The van der Waals surface area contributed by atoms with E-state index in [1.54, 1.807) is 47.6 Å². The van der Waals surface area contributed by atoms with Gasteiger partial charge in [0.05, 0.1) is 12.2 Å². The van der Waals surface area contributed by atoms with Crippen LogP contribution in [0.15, 0.2) is 55.2 Å². The van der Waals surface area contributed by atoms with E-state index < -0.39 is 5.91 Å². The van der Waals surface area contributed by atoms with Crippen LogP contribution >= 0.6 is 11.6 Å². The third-order valence-corrected chi connectivity index (χ3v) is 4.27. The number of aryl methyl sites for hydroxylation is 1. The number of benzene rings is 1. The Hall–Kier alpha value is -3.39. The predicted molar refractivity (Wildman–Crippen MR) is 108 cm³/mol.